The van der Waals surface area contributed by atoms with Crippen LogP contribution in [0.5, 0.6) is 0 Å². The molecule has 4 heteroatoms. The van der Waals surface area contributed by atoms with E-state index in [9.17, 15) is 9.59 Å². The third-order valence-electron chi connectivity index (χ3n) is 2.51. The van der Waals surface area contributed by atoms with Gasteiger partial charge < -0.3 is 0 Å². The van der Waals surface area contributed by atoms with E-state index in [0.29, 0.717) is 12.8 Å². The van der Waals surface area contributed by atoms with E-state index >= 15 is 0 Å². The lowest BCUT2D eigenvalue weighted by molar-refractivity contribution is -0.134. The standard InChI is InChI=1S/C11H10BrNO2/c12-8-3-1-7(2-4-8)9-5-6-10(14)13-11(9)15/h1-4,9H,5-6H2,(H,13,14,15)/t9-/m0/s1. The van der Waals surface area contributed by atoms with Gasteiger partial charge in [0.05, 0.1) is 5.92 Å². The molecule has 0 aromatic heterocycles. The van der Waals surface area contributed by atoms with E-state index < -0.39 is 0 Å². The van der Waals surface area contributed by atoms with Crippen LogP contribution >= 0.6 is 15.9 Å². The summed E-state index contributed by atoms with van der Waals surface area (Å²) in [5, 5.41) is 2.35. The number of halogens is 1. The summed E-state index contributed by atoms with van der Waals surface area (Å²) in [5.41, 5.74) is 0.961. The molecule has 0 spiro atoms. The molecule has 1 heterocycles. The average Bonchev–Trinajstić information content (AvgIpc) is 2.20. The van der Waals surface area contributed by atoms with E-state index in [1.807, 2.05) is 24.3 Å². The van der Waals surface area contributed by atoms with Crippen molar-refractivity contribution in [3.8, 4) is 0 Å². The van der Waals surface area contributed by atoms with Gasteiger partial charge in [-0.2, -0.15) is 0 Å². The molecule has 78 valence electrons. The van der Waals surface area contributed by atoms with Gasteiger partial charge in [-0.25, -0.2) is 0 Å². The predicted octanol–water partition coefficient (Wildman–Crippen LogP) is 1.97. The van der Waals surface area contributed by atoms with Crippen molar-refractivity contribution in [3.05, 3.63) is 34.3 Å². The van der Waals surface area contributed by atoms with E-state index in [0.717, 1.165) is 10.0 Å². The molecule has 1 saturated heterocycles. The van der Waals surface area contributed by atoms with Crippen LogP contribution < -0.4 is 5.32 Å². The van der Waals surface area contributed by atoms with Crippen LogP contribution in [0.3, 0.4) is 0 Å². The smallest absolute Gasteiger partial charge is 0.234 e. The monoisotopic (exact) mass is 267 g/mol. The van der Waals surface area contributed by atoms with Crippen LogP contribution in [0.2, 0.25) is 0 Å². The number of hydrogen-bond donors (Lipinski definition) is 1. The zero-order valence-electron chi connectivity index (χ0n) is 8.00. The Kier molecular flexibility index (Phi) is 2.86. The maximum absolute atomic E-state index is 11.5. The molecule has 3 nitrogen and oxygen atoms in total. The Morgan fingerprint density at radius 3 is 2.47 bits per heavy atom. The van der Waals surface area contributed by atoms with Crippen molar-refractivity contribution < 1.29 is 9.59 Å². The van der Waals surface area contributed by atoms with Gasteiger partial charge in [0.15, 0.2) is 0 Å². The van der Waals surface area contributed by atoms with Crippen molar-refractivity contribution in [3.63, 3.8) is 0 Å². The van der Waals surface area contributed by atoms with Gasteiger partial charge in [0, 0.05) is 10.9 Å². The van der Waals surface area contributed by atoms with Gasteiger partial charge in [-0.15, -0.1) is 0 Å². The molecule has 1 aliphatic heterocycles. The van der Waals surface area contributed by atoms with Crippen molar-refractivity contribution in [1.82, 2.24) is 5.32 Å². The van der Waals surface area contributed by atoms with Gasteiger partial charge in [-0.1, -0.05) is 28.1 Å². The Labute approximate surface area is 96.0 Å². The van der Waals surface area contributed by atoms with Crippen molar-refractivity contribution in [1.29, 1.82) is 0 Å². The molecule has 0 bridgehead atoms. The van der Waals surface area contributed by atoms with Crippen molar-refractivity contribution in [2.45, 2.75) is 18.8 Å². The number of rotatable bonds is 1. The van der Waals surface area contributed by atoms with E-state index in [4.69, 9.17) is 0 Å². The number of hydrogen-bond acceptors (Lipinski definition) is 2. The molecule has 2 amide bonds. The first-order chi connectivity index (χ1) is 7.16. The van der Waals surface area contributed by atoms with E-state index in [-0.39, 0.29) is 17.7 Å². The molecule has 0 radical (unpaired) electrons. The first-order valence-corrected chi connectivity index (χ1v) is 5.55. The maximum Gasteiger partial charge on any atom is 0.234 e. The van der Waals surface area contributed by atoms with Gasteiger partial charge in [0.1, 0.15) is 0 Å². The molecule has 1 atom stereocenters. The number of carbonyl (C=O) groups is 2. The summed E-state index contributed by atoms with van der Waals surface area (Å²) in [6.07, 6.45) is 1.03. The molecule has 0 aliphatic carbocycles. The van der Waals surface area contributed by atoms with Gasteiger partial charge in [-0.3, -0.25) is 14.9 Å². The molecule has 0 saturated carbocycles. The molecule has 15 heavy (non-hydrogen) atoms. The maximum atomic E-state index is 11.5. The number of amides is 2. The lowest BCUT2D eigenvalue weighted by atomic mass is 9.91. The lowest BCUT2D eigenvalue weighted by Gasteiger charge is -2.20. The second-order valence-corrected chi connectivity index (χ2v) is 4.47. The van der Waals surface area contributed by atoms with Crippen LogP contribution in [0, 0.1) is 0 Å². The summed E-state index contributed by atoms with van der Waals surface area (Å²) in [6.45, 7) is 0. The minimum atomic E-state index is -0.187. The summed E-state index contributed by atoms with van der Waals surface area (Å²) in [7, 11) is 0. The molecular formula is C11H10BrNO2. The lowest BCUT2D eigenvalue weighted by Crippen LogP contribution is -2.39. The van der Waals surface area contributed by atoms with E-state index in [1.54, 1.807) is 0 Å². The molecule has 1 aromatic carbocycles. The molecule has 1 N–H and O–H groups in total. The molecule has 1 aromatic rings. The van der Waals surface area contributed by atoms with Gasteiger partial charge >= 0.3 is 0 Å². The highest BCUT2D eigenvalue weighted by Crippen LogP contribution is 2.25. The zero-order valence-corrected chi connectivity index (χ0v) is 9.58. The molecule has 1 aliphatic rings. The van der Waals surface area contributed by atoms with E-state index in [1.165, 1.54) is 0 Å². The Morgan fingerprint density at radius 2 is 1.87 bits per heavy atom. The summed E-state index contributed by atoms with van der Waals surface area (Å²) < 4.78 is 0.985. The normalized spacial score (nSPS) is 21.3. The second-order valence-electron chi connectivity index (χ2n) is 3.56. The fourth-order valence-electron chi connectivity index (χ4n) is 1.71. The highest BCUT2D eigenvalue weighted by Gasteiger charge is 2.27. The number of piperidine rings is 1. The molecule has 0 unspecified atom stereocenters. The number of benzene rings is 1. The quantitative estimate of drug-likeness (QED) is 0.791. The molecule has 1 fully saturated rings. The van der Waals surface area contributed by atoms with Gasteiger partial charge in [-0.05, 0) is 24.1 Å². The number of carbonyl (C=O) groups excluding carboxylic acids is 2. The fraction of sp³-hybridized carbons (Fsp3) is 0.273. The van der Waals surface area contributed by atoms with Gasteiger partial charge in [0.2, 0.25) is 11.8 Å². The number of nitrogens with one attached hydrogen (secondary N) is 1. The third kappa shape index (κ3) is 2.26. The first-order valence-electron chi connectivity index (χ1n) is 4.76. The fourth-order valence-corrected chi connectivity index (χ4v) is 1.97. The average molecular weight is 268 g/mol. The third-order valence-corrected chi connectivity index (χ3v) is 3.04. The SMILES string of the molecule is O=C1CC[C@@H](c2ccc(Br)cc2)C(=O)N1. The van der Waals surface area contributed by atoms with E-state index in [2.05, 4.69) is 21.2 Å². The summed E-state index contributed by atoms with van der Waals surface area (Å²) in [4.78, 5) is 22.5. The Hall–Kier alpha value is -1.16. The minimum Gasteiger partial charge on any atom is -0.296 e. The Bertz CT molecular complexity index is 400. The predicted molar refractivity (Wildman–Crippen MR) is 59.3 cm³/mol. The Balaban J connectivity index is 2.20. The molecular weight excluding hydrogens is 258 g/mol. The van der Waals surface area contributed by atoms with Gasteiger partial charge in [0.25, 0.3) is 0 Å². The van der Waals surface area contributed by atoms with Crippen molar-refractivity contribution in [2.24, 2.45) is 0 Å². The summed E-state index contributed by atoms with van der Waals surface area (Å²) in [5.74, 6) is -0.544. The van der Waals surface area contributed by atoms with Crippen LogP contribution in [0.4, 0.5) is 0 Å². The topological polar surface area (TPSA) is 46.2 Å². The highest BCUT2D eigenvalue weighted by molar-refractivity contribution is 9.10. The summed E-state index contributed by atoms with van der Waals surface area (Å²) in [6, 6.07) is 7.62. The van der Waals surface area contributed by atoms with Crippen molar-refractivity contribution >= 4 is 27.7 Å². The first kappa shape index (κ1) is 10.4. The highest BCUT2D eigenvalue weighted by atomic mass is 79.9. The second kappa shape index (κ2) is 4.14. The minimum absolute atomic E-state index is 0.173. The summed E-state index contributed by atoms with van der Waals surface area (Å²) >= 11 is 3.34. The van der Waals surface area contributed by atoms with Crippen LogP contribution in [0.1, 0.15) is 24.3 Å². The number of imide groups is 1. The zero-order chi connectivity index (χ0) is 10.8. The van der Waals surface area contributed by atoms with Crippen LogP contribution in [-0.2, 0) is 9.59 Å². The van der Waals surface area contributed by atoms with Crippen LogP contribution in [0.25, 0.3) is 0 Å². The Morgan fingerprint density at radius 1 is 1.20 bits per heavy atom. The van der Waals surface area contributed by atoms with Crippen molar-refractivity contribution in [2.75, 3.05) is 0 Å². The largest absolute Gasteiger partial charge is 0.296 e. The van der Waals surface area contributed by atoms with Crippen LogP contribution in [-0.4, -0.2) is 11.8 Å². The molecule has 2 rings (SSSR count). The van der Waals surface area contributed by atoms with Crippen LogP contribution in [0.15, 0.2) is 28.7 Å².